The number of carbonyl (C=O) groups is 1. The van der Waals surface area contributed by atoms with E-state index >= 15 is 0 Å². The fourth-order valence-electron chi connectivity index (χ4n) is 2.34. The average Bonchev–Trinajstić information content (AvgIpc) is 3.01. The molecule has 0 radical (unpaired) electrons. The molecule has 0 aromatic heterocycles. The highest BCUT2D eigenvalue weighted by Gasteiger charge is 2.26. The first-order valence-electron chi connectivity index (χ1n) is 8.17. The molecule has 0 atom stereocenters. The quantitative estimate of drug-likeness (QED) is 0.234. The van der Waals surface area contributed by atoms with E-state index in [0.29, 0.717) is 17.9 Å². The highest BCUT2D eigenvalue weighted by molar-refractivity contribution is 6.34. The molecule has 0 saturated carbocycles. The summed E-state index contributed by atoms with van der Waals surface area (Å²) in [6, 6.07) is 10.9. The fraction of sp³-hybridized carbons (Fsp3) is 0.100. The maximum absolute atomic E-state index is 12.1. The molecule has 142 valence electrons. The number of hydrogen-bond acceptors (Lipinski definition) is 6. The minimum atomic E-state index is -0.632. The molecule has 2 aromatic rings. The number of nitro groups is 1. The molecule has 0 unspecified atom stereocenters. The Morgan fingerprint density at radius 1 is 1.32 bits per heavy atom. The molecule has 0 amide bonds. The third-order valence-electron chi connectivity index (χ3n) is 3.68. The zero-order valence-corrected chi connectivity index (χ0v) is 15.6. The zero-order chi connectivity index (χ0) is 20.3. The summed E-state index contributed by atoms with van der Waals surface area (Å²) in [6.45, 7) is 6.07. The molecule has 0 aliphatic carbocycles. The first kappa shape index (κ1) is 19.3. The van der Waals surface area contributed by atoms with Crippen molar-refractivity contribution >= 4 is 35.2 Å². The van der Waals surface area contributed by atoms with Gasteiger partial charge < -0.3 is 9.47 Å². The second-order valence-electron chi connectivity index (χ2n) is 6.07. The van der Waals surface area contributed by atoms with Crippen LogP contribution in [0, 0.1) is 10.1 Å². The number of rotatable bonds is 6. The lowest BCUT2D eigenvalue weighted by Gasteiger charge is -2.05. The Kier molecular flexibility index (Phi) is 5.56. The van der Waals surface area contributed by atoms with Crippen molar-refractivity contribution < 1.29 is 19.2 Å². The Hall–Kier alpha value is -3.45. The maximum atomic E-state index is 12.1. The Balaban J connectivity index is 1.81. The molecular weight excluding hydrogens is 384 g/mol. The zero-order valence-electron chi connectivity index (χ0n) is 14.8. The van der Waals surface area contributed by atoms with E-state index in [9.17, 15) is 14.9 Å². The van der Waals surface area contributed by atoms with Crippen LogP contribution in [0.5, 0.6) is 5.75 Å². The van der Waals surface area contributed by atoms with Crippen LogP contribution in [0.1, 0.15) is 18.1 Å². The molecule has 8 heteroatoms. The Morgan fingerprint density at radius 2 is 2.04 bits per heavy atom. The van der Waals surface area contributed by atoms with E-state index in [0.717, 1.165) is 11.1 Å². The Bertz CT molecular complexity index is 1030. The lowest BCUT2D eigenvalue weighted by atomic mass is 10.2. The van der Waals surface area contributed by atoms with Crippen LogP contribution in [-0.4, -0.2) is 23.4 Å². The van der Waals surface area contributed by atoms with Gasteiger partial charge in [-0.15, -0.1) is 0 Å². The summed E-state index contributed by atoms with van der Waals surface area (Å²) in [4.78, 5) is 26.5. The molecule has 0 N–H and O–H groups in total. The van der Waals surface area contributed by atoms with Crippen molar-refractivity contribution in [3.8, 4) is 5.75 Å². The lowest BCUT2D eigenvalue weighted by molar-refractivity contribution is -0.384. The van der Waals surface area contributed by atoms with Crippen molar-refractivity contribution in [3.05, 3.63) is 86.6 Å². The molecule has 2 aromatic carbocycles. The number of non-ortho nitro benzene ring substituents is 1. The van der Waals surface area contributed by atoms with Gasteiger partial charge in [0.25, 0.3) is 5.69 Å². The smallest absolute Gasteiger partial charge is 0.363 e. The van der Waals surface area contributed by atoms with Crippen molar-refractivity contribution in [3.63, 3.8) is 0 Å². The van der Waals surface area contributed by atoms with E-state index in [4.69, 9.17) is 21.1 Å². The number of esters is 1. The highest BCUT2D eigenvalue weighted by Crippen LogP contribution is 2.27. The number of benzene rings is 2. The summed E-state index contributed by atoms with van der Waals surface area (Å²) in [5.41, 5.74) is 1.87. The van der Waals surface area contributed by atoms with E-state index in [1.807, 2.05) is 6.92 Å². The molecule has 3 rings (SSSR count). The van der Waals surface area contributed by atoms with Crippen LogP contribution in [0.15, 0.2) is 65.3 Å². The first-order chi connectivity index (χ1) is 13.3. The molecule has 1 heterocycles. The van der Waals surface area contributed by atoms with Crippen LogP contribution in [0.4, 0.5) is 5.69 Å². The predicted octanol–water partition coefficient (Wildman–Crippen LogP) is 4.55. The molecule has 7 nitrogen and oxygen atoms in total. The van der Waals surface area contributed by atoms with Crippen LogP contribution in [0.2, 0.25) is 5.02 Å². The number of aliphatic imine (C=N–C) groups is 1. The van der Waals surface area contributed by atoms with Gasteiger partial charge in [-0.1, -0.05) is 30.3 Å². The molecule has 1 aliphatic rings. The number of ether oxygens (including phenoxy) is 2. The second kappa shape index (κ2) is 8.06. The summed E-state index contributed by atoms with van der Waals surface area (Å²) < 4.78 is 10.7. The van der Waals surface area contributed by atoms with Crippen molar-refractivity contribution in [1.29, 1.82) is 0 Å². The van der Waals surface area contributed by atoms with E-state index < -0.39 is 10.9 Å². The second-order valence-corrected chi connectivity index (χ2v) is 6.48. The van der Waals surface area contributed by atoms with Gasteiger partial charge in [0.1, 0.15) is 12.4 Å². The minimum absolute atomic E-state index is 0.00226. The van der Waals surface area contributed by atoms with E-state index in [1.165, 1.54) is 18.2 Å². The lowest BCUT2D eigenvalue weighted by Crippen LogP contribution is -2.06. The van der Waals surface area contributed by atoms with Crippen molar-refractivity contribution in [1.82, 2.24) is 0 Å². The monoisotopic (exact) mass is 398 g/mol. The summed E-state index contributed by atoms with van der Waals surface area (Å²) in [5, 5.41) is 10.9. The molecule has 0 bridgehead atoms. The van der Waals surface area contributed by atoms with Crippen LogP contribution < -0.4 is 4.74 Å². The predicted molar refractivity (Wildman–Crippen MR) is 105 cm³/mol. The highest BCUT2D eigenvalue weighted by atomic mass is 35.5. The fourth-order valence-corrected chi connectivity index (χ4v) is 2.60. The summed E-state index contributed by atoms with van der Waals surface area (Å²) in [6.07, 6.45) is 1.57. The third kappa shape index (κ3) is 4.44. The van der Waals surface area contributed by atoms with Gasteiger partial charge in [-0.05, 0) is 42.3 Å². The normalized spacial score (nSPS) is 14.6. The van der Waals surface area contributed by atoms with Gasteiger partial charge in [0.05, 0.1) is 15.5 Å². The molecule has 28 heavy (non-hydrogen) atoms. The van der Waals surface area contributed by atoms with Crippen molar-refractivity contribution in [2.24, 2.45) is 4.99 Å². The molecule has 0 spiro atoms. The number of cyclic esters (lactones) is 1. The molecule has 0 saturated heterocycles. The molecular formula is C20H15ClN2O5. The van der Waals surface area contributed by atoms with Gasteiger partial charge in [-0.25, -0.2) is 9.79 Å². The topological polar surface area (TPSA) is 91.0 Å². The van der Waals surface area contributed by atoms with Crippen LogP contribution in [-0.2, 0) is 9.53 Å². The maximum Gasteiger partial charge on any atom is 0.363 e. The van der Waals surface area contributed by atoms with Gasteiger partial charge in [-0.3, -0.25) is 10.1 Å². The van der Waals surface area contributed by atoms with Gasteiger partial charge >= 0.3 is 5.97 Å². The largest absolute Gasteiger partial charge is 0.489 e. The van der Waals surface area contributed by atoms with Gasteiger partial charge in [-0.2, -0.15) is 0 Å². The average molecular weight is 399 g/mol. The van der Waals surface area contributed by atoms with Gasteiger partial charge in [0.15, 0.2) is 5.70 Å². The van der Waals surface area contributed by atoms with Crippen LogP contribution in [0.3, 0.4) is 0 Å². The van der Waals surface area contributed by atoms with Crippen molar-refractivity contribution in [2.75, 3.05) is 6.61 Å². The number of halogens is 1. The number of nitrogens with zero attached hydrogens (tertiary/aromatic N) is 2. The van der Waals surface area contributed by atoms with Gasteiger partial charge in [0, 0.05) is 12.1 Å². The Morgan fingerprint density at radius 3 is 2.64 bits per heavy atom. The number of carbonyl (C=O) groups excluding carboxylic acids is 1. The van der Waals surface area contributed by atoms with Gasteiger partial charge in [0.2, 0.25) is 5.90 Å². The summed E-state index contributed by atoms with van der Waals surface area (Å²) in [5.74, 6) is 0.0468. The molecule has 0 fully saturated rings. The van der Waals surface area contributed by atoms with Crippen LogP contribution in [0.25, 0.3) is 6.08 Å². The van der Waals surface area contributed by atoms with E-state index in [-0.39, 0.29) is 22.3 Å². The number of nitro benzene ring substituents is 1. The standard InChI is InChI=1S/C20H15ClN2O5/c1-12(2)11-27-15-6-3-13(4-7-15)9-18-20(24)28-19(22-18)16-8-5-14(23(25)26)10-17(16)21/h3-10H,1,11H2,2H3. The molecule has 1 aliphatic heterocycles. The van der Waals surface area contributed by atoms with E-state index in [2.05, 4.69) is 11.6 Å². The Labute approximate surface area is 165 Å². The van der Waals surface area contributed by atoms with Crippen molar-refractivity contribution in [2.45, 2.75) is 6.92 Å². The first-order valence-corrected chi connectivity index (χ1v) is 8.55. The third-order valence-corrected chi connectivity index (χ3v) is 4.00. The SMILES string of the molecule is C=C(C)COc1ccc(C=C2N=C(c3ccc([N+](=O)[O-])cc3Cl)OC2=O)cc1. The van der Waals surface area contributed by atoms with Crippen LogP contribution >= 0.6 is 11.6 Å². The minimum Gasteiger partial charge on any atom is -0.489 e. The summed E-state index contributed by atoms with van der Waals surface area (Å²) >= 11 is 6.06. The van der Waals surface area contributed by atoms with E-state index in [1.54, 1.807) is 30.3 Å². The summed E-state index contributed by atoms with van der Waals surface area (Å²) in [7, 11) is 0. The number of hydrogen-bond donors (Lipinski definition) is 0.